The van der Waals surface area contributed by atoms with Gasteiger partial charge in [-0.3, -0.25) is 4.79 Å². The summed E-state index contributed by atoms with van der Waals surface area (Å²) in [4.78, 5) is 14.4. The standard InChI is InChI=1S/C15H20N2O/c1-2-11-17(12-7-3-4-8-12)15(18)13-9-5-6-10-14(13)16/h2,5-6,9-10,12H,1,3-4,7-8,11,16H2. The molecule has 0 radical (unpaired) electrons. The molecule has 1 saturated carbocycles. The first-order valence-electron chi connectivity index (χ1n) is 6.50. The Morgan fingerprint density at radius 1 is 1.39 bits per heavy atom. The number of para-hydroxylation sites is 1. The SMILES string of the molecule is C=CCN(C(=O)c1ccccc1N)C1CCCC1. The molecule has 0 aliphatic heterocycles. The Balaban J connectivity index is 2.22. The third-order valence-electron chi connectivity index (χ3n) is 3.54. The number of nitrogen functional groups attached to an aromatic ring is 1. The lowest BCUT2D eigenvalue weighted by molar-refractivity contribution is 0.0707. The minimum atomic E-state index is 0.0277. The molecule has 0 bridgehead atoms. The molecule has 0 unspecified atom stereocenters. The van der Waals surface area contributed by atoms with Crippen molar-refractivity contribution < 1.29 is 4.79 Å². The van der Waals surface area contributed by atoms with Crippen LogP contribution in [0, 0.1) is 0 Å². The molecule has 2 rings (SSSR count). The molecule has 18 heavy (non-hydrogen) atoms. The highest BCUT2D eigenvalue weighted by Gasteiger charge is 2.27. The lowest BCUT2D eigenvalue weighted by Gasteiger charge is -2.28. The van der Waals surface area contributed by atoms with Gasteiger partial charge in [-0.25, -0.2) is 0 Å². The van der Waals surface area contributed by atoms with Crippen LogP contribution in [-0.2, 0) is 0 Å². The largest absolute Gasteiger partial charge is 0.398 e. The van der Waals surface area contributed by atoms with Gasteiger partial charge in [0.05, 0.1) is 5.56 Å². The molecule has 3 heteroatoms. The van der Waals surface area contributed by atoms with Gasteiger partial charge in [0.2, 0.25) is 0 Å². The van der Waals surface area contributed by atoms with Gasteiger partial charge in [-0.15, -0.1) is 6.58 Å². The molecule has 1 amide bonds. The molecule has 96 valence electrons. The number of carbonyl (C=O) groups excluding carboxylic acids is 1. The third-order valence-corrected chi connectivity index (χ3v) is 3.54. The van der Waals surface area contributed by atoms with Crippen molar-refractivity contribution in [2.24, 2.45) is 0 Å². The summed E-state index contributed by atoms with van der Waals surface area (Å²) >= 11 is 0. The Hall–Kier alpha value is -1.77. The van der Waals surface area contributed by atoms with Crippen LogP contribution in [0.15, 0.2) is 36.9 Å². The minimum absolute atomic E-state index is 0.0277. The average Bonchev–Trinajstić information content (AvgIpc) is 2.89. The second-order valence-electron chi connectivity index (χ2n) is 4.77. The Morgan fingerprint density at radius 3 is 2.67 bits per heavy atom. The Bertz CT molecular complexity index is 436. The first kappa shape index (κ1) is 12.7. The zero-order valence-electron chi connectivity index (χ0n) is 10.6. The topological polar surface area (TPSA) is 46.3 Å². The highest BCUT2D eigenvalue weighted by molar-refractivity contribution is 5.99. The second kappa shape index (κ2) is 5.71. The molecule has 1 aromatic carbocycles. The van der Waals surface area contributed by atoms with E-state index in [9.17, 15) is 4.79 Å². The van der Waals surface area contributed by atoms with E-state index in [1.54, 1.807) is 18.2 Å². The van der Waals surface area contributed by atoms with Crippen LogP contribution < -0.4 is 5.73 Å². The molecule has 0 saturated heterocycles. The summed E-state index contributed by atoms with van der Waals surface area (Å²) in [6.45, 7) is 4.34. The van der Waals surface area contributed by atoms with Gasteiger partial charge in [-0.1, -0.05) is 31.1 Å². The fraction of sp³-hybridized carbons (Fsp3) is 0.400. The van der Waals surface area contributed by atoms with Crippen molar-refractivity contribution in [3.05, 3.63) is 42.5 Å². The van der Waals surface area contributed by atoms with Gasteiger partial charge in [-0.05, 0) is 25.0 Å². The Labute approximate surface area is 108 Å². The molecule has 1 aliphatic carbocycles. The van der Waals surface area contributed by atoms with Crippen LogP contribution in [0.4, 0.5) is 5.69 Å². The van der Waals surface area contributed by atoms with E-state index in [4.69, 9.17) is 5.73 Å². The van der Waals surface area contributed by atoms with E-state index in [2.05, 4.69) is 6.58 Å². The predicted molar refractivity (Wildman–Crippen MR) is 74.3 cm³/mol. The van der Waals surface area contributed by atoms with E-state index in [1.165, 1.54) is 12.8 Å². The van der Waals surface area contributed by atoms with Crippen LogP contribution in [0.2, 0.25) is 0 Å². The zero-order chi connectivity index (χ0) is 13.0. The molecule has 0 heterocycles. The second-order valence-corrected chi connectivity index (χ2v) is 4.77. The third kappa shape index (κ3) is 2.55. The molecule has 1 aliphatic rings. The normalized spacial score (nSPS) is 15.6. The first-order valence-corrected chi connectivity index (χ1v) is 6.50. The van der Waals surface area contributed by atoms with E-state index in [0.29, 0.717) is 23.8 Å². The van der Waals surface area contributed by atoms with Gasteiger partial charge in [0.25, 0.3) is 5.91 Å². The number of hydrogen-bond acceptors (Lipinski definition) is 2. The van der Waals surface area contributed by atoms with Crippen molar-refractivity contribution in [3.8, 4) is 0 Å². The van der Waals surface area contributed by atoms with Crippen molar-refractivity contribution in [1.82, 2.24) is 4.90 Å². The number of nitrogens with zero attached hydrogens (tertiary/aromatic N) is 1. The van der Waals surface area contributed by atoms with Crippen LogP contribution in [0.5, 0.6) is 0 Å². The van der Waals surface area contributed by atoms with E-state index >= 15 is 0 Å². The molecule has 0 atom stereocenters. The summed E-state index contributed by atoms with van der Waals surface area (Å²) in [6.07, 6.45) is 6.37. The number of nitrogens with two attached hydrogens (primary N) is 1. The number of anilines is 1. The van der Waals surface area contributed by atoms with Crippen molar-refractivity contribution in [2.45, 2.75) is 31.7 Å². The number of amides is 1. The van der Waals surface area contributed by atoms with Gasteiger partial charge >= 0.3 is 0 Å². The van der Waals surface area contributed by atoms with Crippen molar-refractivity contribution >= 4 is 11.6 Å². The van der Waals surface area contributed by atoms with E-state index < -0.39 is 0 Å². The summed E-state index contributed by atoms with van der Waals surface area (Å²) in [5.74, 6) is 0.0277. The predicted octanol–water partition coefficient (Wildman–Crippen LogP) is 2.84. The number of rotatable bonds is 4. The summed E-state index contributed by atoms with van der Waals surface area (Å²) in [5, 5.41) is 0. The minimum Gasteiger partial charge on any atom is -0.398 e. The molecule has 3 nitrogen and oxygen atoms in total. The van der Waals surface area contributed by atoms with Gasteiger partial charge < -0.3 is 10.6 Å². The van der Waals surface area contributed by atoms with E-state index in [1.807, 2.05) is 17.0 Å². The van der Waals surface area contributed by atoms with Crippen molar-refractivity contribution in [3.63, 3.8) is 0 Å². The summed E-state index contributed by atoms with van der Waals surface area (Å²) < 4.78 is 0. The maximum Gasteiger partial charge on any atom is 0.256 e. The average molecular weight is 244 g/mol. The quantitative estimate of drug-likeness (QED) is 0.654. The molecular formula is C15H20N2O. The van der Waals surface area contributed by atoms with Gasteiger partial charge in [0.1, 0.15) is 0 Å². The molecule has 2 N–H and O–H groups in total. The van der Waals surface area contributed by atoms with Crippen LogP contribution in [0.3, 0.4) is 0 Å². The first-order chi connectivity index (χ1) is 8.74. The summed E-state index contributed by atoms with van der Waals surface area (Å²) in [7, 11) is 0. The van der Waals surface area contributed by atoms with Crippen LogP contribution in [-0.4, -0.2) is 23.4 Å². The molecule has 1 aromatic rings. The highest BCUT2D eigenvalue weighted by atomic mass is 16.2. The smallest absolute Gasteiger partial charge is 0.256 e. The van der Waals surface area contributed by atoms with E-state index in [-0.39, 0.29) is 5.91 Å². The van der Waals surface area contributed by atoms with Crippen LogP contribution >= 0.6 is 0 Å². The van der Waals surface area contributed by atoms with E-state index in [0.717, 1.165) is 12.8 Å². The summed E-state index contributed by atoms with van der Waals surface area (Å²) in [5.41, 5.74) is 7.03. The number of hydrogen-bond donors (Lipinski definition) is 1. The number of benzene rings is 1. The molecule has 1 fully saturated rings. The van der Waals surface area contributed by atoms with Gasteiger partial charge in [0, 0.05) is 18.3 Å². The Kier molecular flexibility index (Phi) is 4.03. The Morgan fingerprint density at radius 2 is 2.06 bits per heavy atom. The molecular weight excluding hydrogens is 224 g/mol. The maximum atomic E-state index is 12.5. The van der Waals surface area contributed by atoms with Crippen LogP contribution in [0.1, 0.15) is 36.0 Å². The van der Waals surface area contributed by atoms with Gasteiger partial charge in [-0.2, -0.15) is 0 Å². The van der Waals surface area contributed by atoms with Gasteiger partial charge in [0.15, 0.2) is 0 Å². The number of carbonyl (C=O) groups is 1. The lowest BCUT2D eigenvalue weighted by Crippen LogP contribution is -2.39. The maximum absolute atomic E-state index is 12.5. The highest BCUT2D eigenvalue weighted by Crippen LogP contribution is 2.26. The fourth-order valence-electron chi connectivity index (χ4n) is 2.60. The molecule has 0 spiro atoms. The van der Waals surface area contributed by atoms with Crippen molar-refractivity contribution in [1.29, 1.82) is 0 Å². The monoisotopic (exact) mass is 244 g/mol. The van der Waals surface area contributed by atoms with Crippen LogP contribution in [0.25, 0.3) is 0 Å². The zero-order valence-corrected chi connectivity index (χ0v) is 10.6. The lowest BCUT2D eigenvalue weighted by atomic mass is 10.1. The molecule has 0 aromatic heterocycles. The fourth-order valence-corrected chi connectivity index (χ4v) is 2.60. The van der Waals surface area contributed by atoms with Crippen molar-refractivity contribution in [2.75, 3.05) is 12.3 Å². The summed E-state index contributed by atoms with van der Waals surface area (Å²) in [6, 6.07) is 7.61.